The molecule has 1 atom stereocenters. The SMILES string of the molecule is C#C/C(C)=C/CN1C(=O)c2ccccc2C1Cc1ncccc1Br. The number of fused-ring (bicyclic) bond motifs is 1. The molecule has 0 spiro atoms. The number of aromatic nitrogens is 1. The molecular weight excluding hydrogens is 364 g/mol. The highest BCUT2D eigenvalue weighted by Gasteiger charge is 2.36. The first kappa shape index (κ1) is 16.5. The maximum atomic E-state index is 12.8. The fraction of sp³-hybridized carbons (Fsp3) is 0.200. The Morgan fingerprint density at radius 3 is 2.92 bits per heavy atom. The van der Waals surface area contributed by atoms with E-state index in [-0.39, 0.29) is 11.9 Å². The number of benzene rings is 1. The number of terminal acetylenes is 1. The van der Waals surface area contributed by atoms with Crippen LogP contribution < -0.4 is 0 Å². The molecule has 1 aromatic heterocycles. The van der Waals surface area contributed by atoms with Gasteiger partial charge in [-0.2, -0.15) is 0 Å². The zero-order valence-electron chi connectivity index (χ0n) is 13.4. The van der Waals surface area contributed by atoms with Crippen LogP contribution in [0.2, 0.25) is 0 Å². The predicted molar refractivity (Wildman–Crippen MR) is 98.5 cm³/mol. The van der Waals surface area contributed by atoms with Gasteiger partial charge in [-0.25, -0.2) is 0 Å². The molecule has 3 nitrogen and oxygen atoms in total. The third-order valence-corrected chi connectivity index (χ3v) is 4.95. The molecule has 1 unspecified atom stereocenters. The normalized spacial score (nSPS) is 16.9. The second-order valence-electron chi connectivity index (χ2n) is 5.73. The van der Waals surface area contributed by atoms with Gasteiger partial charge in [0.05, 0.1) is 11.7 Å². The molecule has 0 N–H and O–H groups in total. The summed E-state index contributed by atoms with van der Waals surface area (Å²) in [7, 11) is 0. The number of carbonyl (C=O) groups is 1. The predicted octanol–water partition coefficient (Wildman–Crippen LogP) is 4.16. The van der Waals surface area contributed by atoms with Crippen molar-refractivity contribution in [3.05, 3.63) is 75.5 Å². The van der Waals surface area contributed by atoms with E-state index in [1.165, 1.54) is 0 Å². The van der Waals surface area contributed by atoms with Gasteiger partial charge in [0, 0.05) is 29.2 Å². The molecule has 2 heterocycles. The molecule has 3 rings (SSSR count). The first-order valence-corrected chi connectivity index (χ1v) is 8.53. The van der Waals surface area contributed by atoms with Gasteiger partial charge in [-0.3, -0.25) is 9.78 Å². The van der Waals surface area contributed by atoms with E-state index in [1.54, 1.807) is 6.20 Å². The average molecular weight is 381 g/mol. The maximum absolute atomic E-state index is 12.8. The van der Waals surface area contributed by atoms with Crippen molar-refractivity contribution in [2.75, 3.05) is 6.54 Å². The van der Waals surface area contributed by atoms with E-state index in [4.69, 9.17) is 6.42 Å². The Morgan fingerprint density at radius 2 is 2.17 bits per heavy atom. The van der Waals surface area contributed by atoms with Crippen molar-refractivity contribution < 1.29 is 4.79 Å². The molecular formula is C20H17BrN2O. The molecule has 2 aromatic rings. The van der Waals surface area contributed by atoms with E-state index >= 15 is 0 Å². The molecule has 0 bridgehead atoms. The first-order valence-electron chi connectivity index (χ1n) is 7.74. The van der Waals surface area contributed by atoms with Crippen molar-refractivity contribution in [1.29, 1.82) is 0 Å². The summed E-state index contributed by atoms with van der Waals surface area (Å²) in [4.78, 5) is 19.1. The zero-order chi connectivity index (χ0) is 17.1. The summed E-state index contributed by atoms with van der Waals surface area (Å²) in [6.45, 7) is 2.37. The lowest BCUT2D eigenvalue weighted by Crippen LogP contribution is -2.29. The minimum Gasteiger partial charge on any atom is -0.327 e. The van der Waals surface area contributed by atoms with Crippen molar-refractivity contribution >= 4 is 21.8 Å². The van der Waals surface area contributed by atoms with Gasteiger partial charge >= 0.3 is 0 Å². The van der Waals surface area contributed by atoms with Gasteiger partial charge in [0.1, 0.15) is 0 Å². The van der Waals surface area contributed by atoms with E-state index < -0.39 is 0 Å². The van der Waals surface area contributed by atoms with Crippen molar-refractivity contribution in [1.82, 2.24) is 9.88 Å². The van der Waals surface area contributed by atoms with Crippen LogP contribution in [-0.2, 0) is 6.42 Å². The number of allylic oxidation sites excluding steroid dienone is 1. The standard InChI is InChI=1S/C20H17BrN2O/c1-3-14(2)10-12-23-19(13-18-17(21)9-6-11-22-18)15-7-4-5-8-16(15)20(23)24/h1,4-11,19H,12-13H2,2H3/b14-10+. The van der Waals surface area contributed by atoms with E-state index in [0.717, 1.165) is 26.9 Å². The quantitative estimate of drug-likeness (QED) is 0.745. The second-order valence-corrected chi connectivity index (χ2v) is 6.58. The smallest absolute Gasteiger partial charge is 0.255 e. The Hall–Kier alpha value is -2.38. The summed E-state index contributed by atoms with van der Waals surface area (Å²) in [5.74, 6) is 2.65. The van der Waals surface area contributed by atoms with Crippen molar-refractivity contribution in [2.24, 2.45) is 0 Å². The fourth-order valence-electron chi connectivity index (χ4n) is 2.92. The molecule has 0 aliphatic carbocycles. The minimum absolute atomic E-state index is 0.0401. The summed E-state index contributed by atoms with van der Waals surface area (Å²) >= 11 is 3.55. The van der Waals surface area contributed by atoms with E-state index in [0.29, 0.717) is 13.0 Å². The van der Waals surface area contributed by atoms with E-state index in [2.05, 4.69) is 26.8 Å². The van der Waals surface area contributed by atoms with Crippen LogP contribution in [0, 0.1) is 12.3 Å². The number of amides is 1. The molecule has 0 fully saturated rings. The fourth-order valence-corrected chi connectivity index (χ4v) is 3.34. The summed E-state index contributed by atoms with van der Waals surface area (Å²) < 4.78 is 0.956. The Balaban J connectivity index is 1.97. The Bertz CT molecular complexity index is 851. The zero-order valence-corrected chi connectivity index (χ0v) is 15.0. The topological polar surface area (TPSA) is 33.2 Å². The highest BCUT2D eigenvalue weighted by atomic mass is 79.9. The number of carbonyl (C=O) groups excluding carboxylic acids is 1. The summed E-state index contributed by atoms with van der Waals surface area (Å²) in [6, 6.07) is 11.6. The lowest BCUT2D eigenvalue weighted by molar-refractivity contribution is 0.0747. The highest BCUT2D eigenvalue weighted by molar-refractivity contribution is 9.10. The number of nitrogens with zero attached hydrogens (tertiary/aromatic N) is 2. The summed E-state index contributed by atoms with van der Waals surface area (Å²) in [5.41, 5.74) is 3.58. The number of hydrogen-bond donors (Lipinski definition) is 0. The molecule has 24 heavy (non-hydrogen) atoms. The van der Waals surface area contributed by atoms with Crippen LogP contribution in [0.4, 0.5) is 0 Å². The lowest BCUT2D eigenvalue weighted by atomic mass is 10.0. The van der Waals surface area contributed by atoms with Crippen LogP contribution in [0.3, 0.4) is 0 Å². The van der Waals surface area contributed by atoms with Gasteiger partial charge in [-0.15, -0.1) is 6.42 Å². The van der Waals surface area contributed by atoms with Gasteiger partial charge < -0.3 is 4.90 Å². The Morgan fingerprint density at radius 1 is 1.38 bits per heavy atom. The molecule has 1 aliphatic heterocycles. The van der Waals surface area contributed by atoms with Gasteiger partial charge in [-0.05, 0) is 52.2 Å². The molecule has 1 amide bonds. The van der Waals surface area contributed by atoms with Gasteiger partial charge in [-0.1, -0.05) is 30.2 Å². The summed E-state index contributed by atoms with van der Waals surface area (Å²) in [6.07, 6.45) is 9.77. The monoisotopic (exact) mass is 380 g/mol. The molecule has 1 aliphatic rings. The van der Waals surface area contributed by atoms with Crippen LogP contribution >= 0.6 is 15.9 Å². The third kappa shape index (κ3) is 3.13. The van der Waals surface area contributed by atoms with Crippen molar-refractivity contribution in [2.45, 2.75) is 19.4 Å². The Kier molecular flexibility index (Phi) is 4.82. The number of hydrogen-bond acceptors (Lipinski definition) is 2. The van der Waals surface area contributed by atoms with Crippen LogP contribution in [0.15, 0.2) is 58.7 Å². The molecule has 0 saturated carbocycles. The Labute approximate surface area is 150 Å². The minimum atomic E-state index is -0.0401. The van der Waals surface area contributed by atoms with Crippen LogP contribution in [0.5, 0.6) is 0 Å². The molecule has 120 valence electrons. The summed E-state index contributed by atoms with van der Waals surface area (Å²) in [5, 5.41) is 0. The lowest BCUT2D eigenvalue weighted by Gasteiger charge is -2.24. The van der Waals surface area contributed by atoms with Crippen LogP contribution in [0.1, 0.15) is 34.6 Å². The number of pyridine rings is 1. The van der Waals surface area contributed by atoms with E-state index in [9.17, 15) is 4.79 Å². The highest BCUT2D eigenvalue weighted by Crippen LogP contribution is 2.36. The van der Waals surface area contributed by atoms with Gasteiger partial charge in [0.2, 0.25) is 0 Å². The van der Waals surface area contributed by atoms with Crippen LogP contribution in [0.25, 0.3) is 0 Å². The third-order valence-electron chi connectivity index (χ3n) is 4.23. The second kappa shape index (κ2) is 7.02. The largest absolute Gasteiger partial charge is 0.327 e. The van der Waals surface area contributed by atoms with Crippen molar-refractivity contribution in [3.8, 4) is 12.3 Å². The molecule has 4 heteroatoms. The average Bonchev–Trinajstić information content (AvgIpc) is 2.87. The first-order chi connectivity index (χ1) is 11.6. The van der Waals surface area contributed by atoms with Crippen molar-refractivity contribution in [3.63, 3.8) is 0 Å². The van der Waals surface area contributed by atoms with E-state index in [1.807, 2.05) is 54.3 Å². The number of halogens is 1. The maximum Gasteiger partial charge on any atom is 0.255 e. The van der Waals surface area contributed by atoms with Gasteiger partial charge in [0.15, 0.2) is 0 Å². The number of rotatable bonds is 4. The van der Waals surface area contributed by atoms with Crippen LogP contribution in [-0.4, -0.2) is 22.3 Å². The molecule has 0 radical (unpaired) electrons. The van der Waals surface area contributed by atoms with Gasteiger partial charge in [0.25, 0.3) is 5.91 Å². The molecule has 1 aromatic carbocycles. The molecule has 0 saturated heterocycles.